The van der Waals surface area contributed by atoms with E-state index in [-0.39, 0.29) is 27.6 Å². The van der Waals surface area contributed by atoms with Gasteiger partial charge in [0.25, 0.3) is 0 Å². The van der Waals surface area contributed by atoms with Crippen molar-refractivity contribution in [1.82, 2.24) is 0 Å². The van der Waals surface area contributed by atoms with E-state index in [1.807, 2.05) is 6.07 Å². The van der Waals surface area contributed by atoms with Crippen molar-refractivity contribution in [3.63, 3.8) is 0 Å². The van der Waals surface area contributed by atoms with Crippen molar-refractivity contribution in [2.75, 3.05) is 0 Å². The summed E-state index contributed by atoms with van der Waals surface area (Å²) in [6, 6.07) is 14.5. The Morgan fingerprint density at radius 3 is 2.29 bits per heavy atom. The topological polar surface area (TPSA) is 51.2 Å². The third-order valence-electron chi connectivity index (χ3n) is 7.32. The molecule has 2 aromatic rings. The van der Waals surface area contributed by atoms with Gasteiger partial charge in [-0.1, -0.05) is 56.7 Å². The van der Waals surface area contributed by atoms with Gasteiger partial charge in [-0.3, -0.25) is 4.79 Å². The van der Waals surface area contributed by atoms with Crippen LogP contribution >= 0.6 is 0 Å². The summed E-state index contributed by atoms with van der Waals surface area (Å²) < 4.78 is 25.1. The minimum absolute atomic E-state index is 0.126. The molecule has 5 rings (SSSR count). The SMILES string of the molecule is CC1(C)c2ccccc2-c2ccc(C(=O)C3CC4CCCC(C3)S4(=O)=O)cc21. The summed E-state index contributed by atoms with van der Waals surface area (Å²) in [6.45, 7) is 4.42. The molecule has 1 aliphatic carbocycles. The number of benzene rings is 2. The van der Waals surface area contributed by atoms with Gasteiger partial charge in [0.2, 0.25) is 0 Å². The van der Waals surface area contributed by atoms with Crippen LogP contribution < -0.4 is 0 Å². The van der Waals surface area contributed by atoms with Gasteiger partial charge >= 0.3 is 0 Å². The average Bonchev–Trinajstić information content (AvgIpc) is 2.88. The van der Waals surface area contributed by atoms with Gasteiger partial charge in [0.15, 0.2) is 15.6 Å². The van der Waals surface area contributed by atoms with Crippen LogP contribution in [0, 0.1) is 5.92 Å². The fraction of sp³-hybridized carbons (Fsp3) is 0.458. The van der Waals surface area contributed by atoms with Crippen molar-refractivity contribution in [2.24, 2.45) is 5.92 Å². The Bertz CT molecular complexity index is 1060. The van der Waals surface area contributed by atoms with E-state index in [4.69, 9.17) is 0 Å². The molecule has 2 atom stereocenters. The minimum Gasteiger partial charge on any atom is -0.294 e. The van der Waals surface area contributed by atoms with Crippen molar-refractivity contribution in [3.8, 4) is 11.1 Å². The lowest BCUT2D eigenvalue weighted by Gasteiger charge is -2.38. The summed E-state index contributed by atoms with van der Waals surface area (Å²) in [7, 11) is -3.03. The number of hydrogen-bond donors (Lipinski definition) is 0. The largest absolute Gasteiger partial charge is 0.294 e. The molecule has 4 heteroatoms. The normalized spacial score (nSPS) is 29.0. The van der Waals surface area contributed by atoms with Crippen LogP contribution in [0.3, 0.4) is 0 Å². The third kappa shape index (κ3) is 2.46. The van der Waals surface area contributed by atoms with Crippen LogP contribution in [0.1, 0.15) is 67.4 Å². The highest BCUT2D eigenvalue weighted by atomic mass is 32.2. The summed E-state index contributed by atoms with van der Waals surface area (Å²) in [6.07, 6.45) is 3.40. The van der Waals surface area contributed by atoms with E-state index in [1.54, 1.807) is 0 Å². The molecule has 2 unspecified atom stereocenters. The predicted octanol–water partition coefficient (Wildman–Crippen LogP) is 4.92. The maximum Gasteiger partial charge on any atom is 0.166 e. The molecule has 0 saturated carbocycles. The van der Waals surface area contributed by atoms with Crippen LogP contribution in [0.4, 0.5) is 0 Å². The van der Waals surface area contributed by atoms with E-state index in [9.17, 15) is 13.2 Å². The second-order valence-corrected chi connectivity index (χ2v) is 11.7. The van der Waals surface area contributed by atoms with Crippen molar-refractivity contribution < 1.29 is 13.2 Å². The van der Waals surface area contributed by atoms with Crippen molar-refractivity contribution in [1.29, 1.82) is 0 Å². The van der Waals surface area contributed by atoms with Gasteiger partial charge in [0.05, 0.1) is 10.5 Å². The fourth-order valence-electron chi connectivity index (χ4n) is 5.72. The van der Waals surface area contributed by atoms with Gasteiger partial charge in [-0.05, 0) is 54.0 Å². The highest BCUT2D eigenvalue weighted by Crippen LogP contribution is 2.49. The summed E-state index contributed by atoms with van der Waals surface area (Å²) in [5.74, 6) is -0.0369. The molecule has 2 aromatic carbocycles. The van der Waals surface area contributed by atoms with E-state index in [0.29, 0.717) is 12.8 Å². The van der Waals surface area contributed by atoms with E-state index < -0.39 is 9.84 Å². The van der Waals surface area contributed by atoms with Crippen LogP contribution in [0.15, 0.2) is 42.5 Å². The number of rotatable bonds is 2. The molecule has 146 valence electrons. The lowest BCUT2D eigenvalue weighted by molar-refractivity contribution is 0.0894. The number of carbonyl (C=O) groups is 1. The Morgan fingerprint density at radius 2 is 1.57 bits per heavy atom. The molecule has 2 aliphatic heterocycles. The molecule has 0 spiro atoms. The monoisotopic (exact) mass is 394 g/mol. The molecule has 3 nitrogen and oxygen atoms in total. The zero-order valence-corrected chi connectivity index (χ0v) is 17.3. The molecule has 2 bridgehead atoms. The molecule has 0 radical (unpaired) electrons. The second-order valence-electron chi connectivity index (χ2n) is 9.23. The first-order valence-corrected chi connectivity index (χ1v) is 11.9. The van der Waals surface area contributed by atoms with Crippen LogP contribution in [0.5, 0.6) is 0 Å². The van der Waals surface area contributed by atoms with E-state index in [1.165, 1.54) is 22.3 Å². The average molecular weight is 395 g/mol. The van der Waals surface area contributed by atoms with Gasteiger partial charge < -0.3 is 0 Å². The lowest BCUT2D eigenvalue weighted by atomic mass is 9.80. The zero-order valence-electron chi connectivity index (χ0n) is 16.4. The van der Waals surface area contributed by atoms with Gasteiger partial charge in [-0.2, -0.15) is 0 Å². The molecule has 0 aromatic heterocycles. The number of Topliss-reactive ketones (excluding diaryl/α,β-unsaturated/α-hetero) is 1. The van der Waals surface area contributed by atoms with Crippen molar-refractivity contribution in [3.05, 3.63) is 59.2 Å². The lowest BCUT2D eigenvalue weighted by Crippen LogP contribution is -2.45. The first-order chi connectivity index (χ1) is 13.3. The van der Waals surface area contributed by atoms with Crippen molar-refractivity contribution >= 4 is 15.6 Å². The minimum atomic E-state index is -3.03. The van der Waals surface area contributed by atoms with Gasteiger partial charge in [0, 0.05) is 16.9 Å². The first kappa shape index (κ1) is 18.1. The molecule has 2 saturated heterocycles. The van der Waals surface area contributed by atoms with Gasteiger partial charge in [-0.15, -0.1) is 0 Å². The molecule has 2 heterocycles. The predicted molar refractivity (Wildman–Crippen MR) is 111 cm³/mol. The smallest absolute Gasteiger partial charge is 0.166 e. The molecular weight excluding hydrogens is 368 g/mol. The molecule has 0 N–H and O–H groups in total. The van der Waals surface area contributed by atoms with E-state index in [2.05, 4.69) is 50.2 Å². The number of ketones is 1. The van der Waals surface area contributed by atoms with E-state index >= 15 is 0 Å². The maximum atomic E-state index is 13.3. The van der Waals surface area contributed by atoms with Crippen molar-refractivity contribution in [2.45, 2.75) is 61.9 Å². The fourth-order valence-corrected chi connectivity index (χ4v) is 8.25. The second kappa shape index (κ2) is 6.03. The zero-order chi connectivity index (χ0) is 19.7. The van der Waals surface area contributed by atoms with E-state index in [0.717, 1.165) is 24.8 Å². The van der Waals surface area contributed by atoms with Crippen LogP contribution in [-0.2, 0) is 15.3 Å². The maximum absolute atomic E-state index is 13.3. The molecule has 2 fully saturated rings. The standard InChI is InChI=1S/C24H26O3S/c1-24(2)21-9-4-3-8-19(21)20-11-10-15(14-22(20)24)23(25)16-12-17-6-5-7-18(13-16)28(17,26)27/h3-4,8-11,14,16-18H,5-7,12-13H2,1-2H3. The summed E-state index contributed by atoms with van der Waals surface area (Å²) in [5, 5.41) is -0.631. The van der Waals surface area contributed by atoms with Crippen LogP contribution in [0.2, 0.25) is 0 Å². The van der Waals surface area contributed by atoms with Gasteiger partial charge in [-0.25, -0.2) is 8.42 Å². The van der Waals surface area contributed by atoms with Gasteiger partial charge in [0.1, 0.15) is 0 Å². The Morgan fingerprint density at radius 1 is 0.929 bits per heavy atom. The first-order valence-electron chi connectivity index (χ1n) is 10.3. The summed E-state index contributed by atoms with van der Waals surface area (Å²) in [4.78, 5) is 13.3. The highest BCUT2D eigenvalue weighted by molar-refractivity contribution is 7.92. The summed E-state index contributed by atoms with van der Waals surface area (Å²) in [5.41, 5.74) is 5.56. The highest BCUT2D eigenvalue weighted by Gasteiger charge is 2.46. The Labute approximate surface area is 167 Å². The molecule has 28 heavy (non-hydrogen) atoms. The quantitative estimate of drug-likeness (QED) is 0.679. The number of carbonyl (C=O) groups excluding carboxylic acids is 1. The number of sulfone groups is 1. The Kier molecular flexibility index (Phi) is 3.90. The number of hydrogen-bond acceptors (Lipinski definition) is 3. The summed E-state index contributed by atoms with van der Waals surface area (Å²) >= 11 is 0. The van der Waals surface area contributed by atoms with Crippen LogP contribution in [0.25, 0.3) is 11.1 Å². The Balaban J connectivity index is 1.49. The number of fused-ring (bicyclic) bond motifs is 5. The molecule has 3 aliphatic rings. The molecular formula is C24H26O3S. The van der Waals surface area contributed by atoms with Crippen LogP contribution in [-0.4, -0.2) is 24.7 Å². The third-order valence-corrected chi connectivity index (χ3v) is 10.0. The Hall–Kier alpha value is -1.94. The molecule has 0 amide bonds.